The average Bonchev–Trinajstić information content (AvgIpc) is 2.76. The lowest BCUT2D eigenvalue weighted by Crippen LogP contribution is -2.38. The van der Waals surface area contributed by atoms with Gasteiger partial charge in [-0.3, -0.25) is 4.79 Å². The molecule has 0 atom stereocenters. The number of nitrogens with two attached hydrogens (primary N) is 1. The molecular weight excluding hydrogens is 202 g/mol. The Morgan fingerprint density at radius 3 is 2.88 bits per heavy atom. The van der Waals surface area contributed by atoms with Crippen LogP contribution in [0.2, 0.25) is 0 Å². The summed E-state index contributed by atoms with van der Waals surface area (Å²) in [6.45, 7) is 5.29. The smallest absolute Gasteiger partial charge is 0.220 e. The van der Waals surface area contributed by atoms with E-state index in [0.717, 1.165) is 12.0 Å². The van der Waals surface area contributed by atoms with Gasteiger partial charge in [-0.25, -0.2) is 0 Å². The lowest BCUT2D eigenvalue weighted by molar-refractivity contribution is -0.121. The fourth-order valence-corrected chi connectivity index (χ4v) is 1.27. The van der Waals surface area contributed by atoms with Gasteiger partial charge in [-0.05, 0) is 30.0 Å². The highest BCUT2D eigenvalue weighted by Crippen LogP contribution is 2.10. The first kappa shape index (κ1) is 12.8. The van der Waals surface area contributed by atoms with Gasteiger partial charge in [0.2, 0.25) is 5.91 Å². The van der Waals surface area contributed by atoms with Crippen molar-refractivity contribution in [3.8, 4) is 0 Å². The molecule has 0 radical (unpaired) electrons. The number of rotatable bonds is 6. The highest BCUT2D eigenvalue weighted by Gasteiger charge is 2.16. The Bertz CT molecular complexity index is 317. The number of hydrogen-bond donors (Lipinski definition) is 3. The summed E-state index contributed by atoms with van der Waals surface area (Å²) < 4.78 is 0. The molecule has 0 aliphatic carbocycles. The molecule has 1 amide bonds. The summed E-state index contributed by atoms with van der Waals surface area (Å²) in [5.41, 5.74) is 6.72. The number of carbonyl (C=O) groups excluding carboxylic acids is 1. The van der Waals surface area contributed by atoms with Gasteiger partial charge >= 0.3 is 0 Å². The predicted octanol–water partition coefficient (Wildman–Crippen LogP) is 1.05. The number of aromatic amines is 1. The van der Waals surface area contributed by atoms with Crippen molar-refractivity contribution in [2.75, 3.05) is 13.1 Å². The van der Waals surface area contributed by atoms with Crippen LogP contribution in [0.4, 0.5) is 0 Å². The molecule has 1 aromatic rings. The zero-order valence-electron chi connectivity index (χ0n) is 10.0. The molecule has 4 N–H and O–H groups in total. The van der Waals surface area contributed by atoms with Gasteiger partial charge in [-0.2, -0.15) is 0 Å². The number of aryl methyl sites for hydroxylation is 1. The summed E-state index contributed by atoms with van der Waals surface area (Å²) in [5, 5.41) is 2.91. The van der Waals surface area contributed by atoms with Crippen LogP contribution < -0.4 is 11.1 Å². The van der Waals surface area contributed by atoms with Crippen LogP contribution in [0.1, 0.15) is 25.8 Å². The molecule has 0 fully saturated rings. The van der Waals surface area contributed by atoms with Crippen LogP contribution in [0.15, 0.2) is 18.5 Å². The number of H-pyrrole nitrogens is 1. The molecule has 90 valence electrons. The van der Waals surface area contributed by atoms with Gasteiger partial charge < -0.3 is 16.0 Å². The van der Waals surface area contributed by atoms with Crippen molar-refractivity contribution in [1.29, 1.82) is 0 Å². The van der Waals surface area contributed by atoms with Crippen LogP contribution >= 0.6 is 0 Å². The molecule has 4 nitrogen and oxygen atoms in total. The van der Waals surface area contributed by atoms with Crippen molar-refractivity contribution in [1.82, 2.24) is 10.3 Å². The summed E-state index contributed by atoms with van der Waals surface area (Å²) in [6.07, 6.45) is 5.08. The Labute approximate surface area is 96.6 Å². The van der Waals surface area contributed by atoms with Crippen molar-refractivity contribution in [2.24, 2.45) is 11.1 Å². The van der Waals surface area contributed by atoms with Gasteiger partial charge in [0.25, 0.3) is 0 Å². The van der Waals surface area contributed by atoms with E-state index in [4.69, 9.17) is 5.73 Å². The standard InChI is InChI=1S/C12H21N3O/c1-12(2,8-13)9-15-11(16)4-3-10-5-6-14-7-10/h5-7,14H,3-4,8-9,13H2,1-2H3,(H,15,16). The van der Waals surface area contributed by atoms with Gasteiger partial charge in [0.15, 0.2) is 0 Å². The van der Waals surface area contributed by atoms with Crippen molar-refractivity contribution in [2.45, 2.75) is 26.7 Å². The van der Waals surface area contributed by atoms with E-state index in [1.54, 1.807) is 0 Å². The third-order valence-corrected chi connectivity index (χ3v) is 2.62. The Morgan fingerprint density at radius 1 is 1.56 bits per heavy atom. The minimum Gasteiger partial charge on any atom is -0.367 e. The first-order chi connectivity index (χ1) is 7.53. The highest BCUT2D eigenvalue weighted by atomic mass is 16.1. The van der Waals surface area contributed by atoms with Crippen LogP contribution in [-0.4, -0.2) is 24.0 Å². The summed E-state index contributed by atoms with van der Waals surface area (Å²) in [6, 6.07) is 1.98. The molecule has 0 saturated carbocycles. The van der Waals surface area contributed by atoms with Crippen LogP contribution in [-0.2, 0) is 11.2 Å². The Kier molecular flexibility index (Phi) is 4.55. The Balaban J connectivity index is 2.21. The van der Waals surface area contributed by atoms with Crippen molar-refractivity contribution < 1.29 is 4.79 Å². The number of aromatic nitrogens is 1. The van der Waals surface area contributed by atoms with Gasteiger partial charge in [-0.1, -0.05) is 13.8 Å². The van der Waals surface area contributed by atoms with E-state index in [2.05, 4.69) is 10.3 Å². The van der Waals surface area contributed by atoms with E-state index < -0.39 is 0 Å². The van der Waals surface area contributed by atoms with Crippen molar-refractivity contribution in [3.05, 3.63) is 24.0 Å². The minimum absolute atomic E-state index is 0.0241. The minimum atomic E-state index is -0.0241. The zero-order chi connectivity index (χ0) is 12.0. The summed E-state index contributed by atoms with van der Waals surface area (Å²) in [5.74, 6) is 0.0859. The molecule has 1 rings (SSSR count). The molecule has 1 heterocycles. The van der Waals surface area contributed by atoms with E-state index in [0.29, 0.717) is 19.5 Å². The second kappa shape index (κ2) is 5.70. The molecule has 0 aromatic carbocycles. The van der Waals surface area contributed by atoms with E-state index >= 15 is 0 Å². The molecule has 1 aromatic heterocycles. The molecule has 0 aliphatic rings. The van der Waals surface area contributed by atoms with E-state index in [9.17, 15) is 4.79 Å². The highest BCUT2D eigenvalue weighted by molar-refractivity contribution is 5.76. The summed E-state index contributed by atoms with van der Waals surface area (Å²) in [7, 11) is 0. The normalized spacial score (nSPS) is 11.4. The number of amides is 1. The number of hydrogen-bond acceptors (Lipinski definition) is 2. The second-order valence-corrected chi connectivity index (χ2v) is 4.86. The quantitative estimate of drug-likeness (QED) is 0.674. The average molecular weight is 223 g/mol. The van der Waals surface area contributed by atoms with Gasteiger partial charge in [0.05, 0.1) is 0 Å². The SMILES string of the molecule is CC(C)(CN)CNC(=O)CCc1cc[nH]c1. The largest absolute Gasteiger partial charge is 0.367 e. The molecule has 4 heteroatoms. The second-order valence-electron chi connectivity index (χ2n) is 4.86. The summed E-state index contributed by atoms with van der Waals surface area (Å²) in [4.78, 5) is 14.5. The van der Waals surface area contributed by atoms with Crippen LogP contribution in [0, 0.1) is 5.41 Å². The van der Waals surface area contributed by atoms with Gasteiger partial charge in [0.1, 0.15) is 0 Å². The fraction of sp³-hybridized carbons (Fsp3) is 0.583. The van der Waals surface area contributed by atoms with Gasteiger partial charge in [0, 0.05) is 25.4 Å². The maximum absolute atomic E-state index is 11.5. The fourth-order valence-electron chi connectivity index (χ4n) is 1.27. The third-order valence-electron chi connectivity index (χ3n) is 2.62. The lowest BCUT2D eigenvalue weighted by Gasteiger charge is -2.22. The van der Waals surface area contributed by atoms with Gasteiger partial charge in [-0.15, -0.1) is 0 Å². The molecule has 0 bridgehead atoms. The molecule has 0 spiro atoms. The molecule has 0 saturated heterocycles. The summed E-state index contributed by atoms with van der Waals surface area (Å²) >= 11 is 0. The molecule has 0 unspecified atom stereocenters. The van der Waals surface area contributed by atoms with E-state index in [-0.39, 0.29) is 11.3 Å². The first-order valence-electron chi connectivity index (χ1n) is 5.62. The Morgan fingerprint density at radius 2 is 2.31 bits per heavy atom. The first-order valence-corrected chi connectivity index (χ1v) is 5.62. The van der Waals surface area contributed by atoms with Crippen LogP contribution in [0.3, 0.4) is 0 Å². The molecule has 0 aliphatic heterocycles. The number of nitrogens with one attached hydrogen (secondary N) is 2. The Hall–Kier alpha value is -1.29. The predicted molar refractivity (Wildman–Crippen MR) is 65.0 cm³/mol. The van der Waals surface area contributed by atoms with Crippen molar-refractivity contribution >= 4 is 5.91 Å². The topological polar surface area (TPSA) is 70.9 Å². The maximum Gasteiger partial charge on any atom is 0.220 e. The van der Waals surface area contributed by atoms with Crippen LogP contribution in [0.25, 0.3) is 0 Å². The third kappa shape index (κ3) is 4.49. The zero-order valence-corrected chi connectivity index (χ0v) is 10.0. The number of carbonyl (C=O) groups is 1. The van der Waals surface area contributed by atoms with Crippen LogP contribution in [0.5, 0.6) is 0 Å². The molecule has 16 heavy (non-hydrogen) atoms. The lowest BCUT2D eigenvalue weighted by atomic mass is 9.94. The van der Waals surface area contributed by atoms with E-state index in [1.807, 2.05) is 32.3 Å². The monoisotopic (exact) mass is 223 g/mol. The molecular formula is C12H21N3O. The van der Waals surface area contributed by atoms with E-state index in [1.165, 1.54) is 0 Å². The maximum atomic E-state index is 11.5. The van der Waals surface area contributed by atoms with Crippen molar-refractivity contribution in [3.63, 3.8) is 0 Å².